The molecule has 1 fully saturated rings. The Morgan fingerprint density at radius 1 is 1.39 bits per heavy atom. The predicted octanol–water partition coefficient (Wildman–Crippen LogP) is 3.07. The van der Waals surface area contributed by atoms with Gasteiger partial charge in [-0.1, -0.05) is 22.0 Å². The van der Waals surface area contributed by atoms with Gasteiger partial charge in [0.25, 0.3) is 0 Å². The average molecular weight is 381 g/mol. The van der Waals surface area contributed by atoms with Crippen LogP contribution in [0.5, 0.6) is 5.88 Å². The maximum absolute atomic E-state index is 13.9. The molecule has 0 amide bonds. The summed E-state index contributed by atoms with van der Waals surface area (Å²) < 4.78 is 19.8. The van der Waals surface area contributed by atoms with Crippen molar-refractivity contribution < 1.29 is 9.13 Å². The van der Waals surface area contributed by atoms with Crippen LogP contribution in [-0.2, 0) is 6.54 Å². The SMILES string of the molecule is COc1cc(NC2CCN(Cc3ccc(Br)cc3F)C2)ncn1. The van der Waals surface area contributed by atoms with Gasteiger partial charge in [0, 0.05) is 41.8 Å². The summed E-state index contributed by atoms with van der Waals surface area (Å²) in [6, 6.07) is 7.27. The molecule has 2 aromatic rings. The first kappa shape index (κ1) is 16.1. The maximum atomic E-state index is 13.9. The molecule has 2 heterocycles. The van der Waals surface area contributed by atoms with Crippen LogP contribution in [0.2, 0.25) is 0 Å². The van der Waals surface area contributed by atoms with E-state index in [1.54, 1.807) is 13.2 Å². The zero-order valence-corrected chi connectivity index (χ0v) is 14.4. The lowest BCUT2D eigenvalue weighted by molar-refractivity contribution is 0.322. The second-order valence-corrected chi connectivity index (χ2v) is 6.46. The summed E-state index contributed by atoms with van der Waals surface area (Å²) in [4.78, 5) is 10.4. The minimum absolute atomic E-state index is 0.170. The van der Waals surface area contributed by atoms with Gasteiger partial charge >= 0.3 is 0 Å². The molecule has 1 unspecified atom stereocenters. The Kier molecular flexibility index (Phi) is 5.07. The van der Waals surface area contributed by atoms with Gasteiger partial charge in [-0.3, -0.25) is 4.90 Å². The van der Waals surface area contributed by atoms with E-state index in [-0.39, 0.29) is 11.9 Å². The number of ether oxygens (including phenoxy) is 1. The molecule has 7 heteroatoms. The number of hydrogen-bond acceptors (Lipinski definition) is 5. The highest BCUT2D eigenvalue weighted by Crippen LogP contribution is 2.21. The largest absolute Gasteiger partial charge is 0.481 e. The summed E-state index contributed by atoms with van der Waals surface area (Å²) in [5, 5.41) is 3.38. The van der Waals surface area contributed by atoms with Crippen LogP contribution in [0.15, 0.2) is 35.1 Å². The van der Waals surface area contributed by atoms with Crippen molar-refractivity contribution in [1.29, 1.82) is 0 Å². The maximum Gasteiger partial charge on any atom is 0.218 e. The normalized spacial score (nSPS) is 18.1. The molecule has 1 N–H and O–H groups in total. The molecule has 1 aliphatic rings. The molecule has 0 bridgehead atoms. The fourth-order valence-corrected chi connectivity index (χ4v) is 3.06. The third-order valence-corrected chi connectivity index (χ3v) is 4.38. The van der Waals surface area contributed by atoms with E-state index < -0.39 is 0 Å². The summed E-state index contributed by atoms with van der Waals surface area (Å²) in [6.45, 7) is 2.39. The Hall–Kier alpha value is -1.73. The third-order valence-electron chi connectivity index (χ3n) is 3.88. The quantitative estimate of drug-likeness (QED) is 0.863. The Balaban J connectivity index is 1.57. The molecule has 0 saturated carbocycles. The first-order valence-corrected chi connectivity index (χ1v) is 8.22. The highest BCUT2D eigenvalue weighted by molar-refractivity contribution is 9.10. The molecule has 1 atom stereocenters. The van der Waals surface area contributed by atoms with Gasteiger partial charge in [0.05, 0.1) is 7.11 Å². The van der Waals surface area contributed by atoms with E-state index in [1.807, 2.05) is 12.1 Å². The molecule has 23 heavy (non-hydrogen) atoms. The van der Waals surface area contributed by atoms with Gasteiger partial charge in [-0.25, -0.2) is 14.4 Å². The van der Waals surface area contributed by atoms with Crippen LogP contribution in [0.1, 0.15) is 12.0 Å². The van der Waals surface area contributed by atoms with Gasteiger partial charge in [-0.15, -0.1) is 0 Å². The van der Waals surface area contributed by atoms with Crippen molar-refractivity contribution in [2.24, 2.45) is 0 Å². The summed E-state index contributed by atoms with van der Waals surface area (Å²) in [5.41, 5.74) is 0.720. The van der Waals surface area contributed by atoms with Crippen LogP contribution in [0, 0.1) is 5.82 Å². The standard InChI is InChI=1S/C16H18BrFN4O/c1-23-16-7-15(19-10-20-16)21-13-4-5-22(9-13)8-11-2-3-12(17)6-14(11)18/h2-3,6-7,10,13H,4-5,8-9H2,1H3,(H,19,20,21). The van der Waals surface area contributed by atoms with Gasteiger partial charge in [-0.05, 0) is 18.6 Å². The fraction of sp³-hybridized carbons (Fsp3) is 0.375. The van der Waals surface area contributed by atoms with Crippen LogP contribution in [-0.4, -0.2) is 41.1 Å². The van der Waals surface area contributed by atoms with Crippen LogP contribution >= 0.6 is 15.9 Å². The molecule has 1 saturated heterocycles. The Labute approximate surface area is 143 Å². The second kappa shape index (κ2) is 7.23. The van der Waals surface area contributed by atoms with Crippen LogP contribution in [0.25, 0.3) is 0 Å². The van der Waals surface area contributed by atoms with Gasteiger partial charge in [0.15, 0.2) is 0 Å². The number of benzene rings is 1. The van der Waals surface area contributed by atoms with Crippen molar-refractivity contribution in [3.8, 4) is 5.88 Å². The number of methoxy groups -OCH3 is 1. The Bertz CT molecular complexity index is 685. The molecule has 0 spiro atoms. The van der Waals surface area contributed by atoms with Gasteiger partial charge in [0.1, 0.15) is 18.0 Å². The summed E-state index contributed by atoms with van der Waals surface area (Å²) in [6.07, 6.45) is 2.47. The van der Waals surface area contributed by atoms with Gasteiger partial charge in [-0.2, -0.15) is 0 Å². The highest BCUT2D eigenvalue weighted by Gasteiger charge is 2.23. The van der Waals surface area contributed by atoms with E-state index in [0.717, 1.165) is 35.4 Å². The summed E-state index contributed by atoms with van der Waals surface area (Å²) in [5.74, 6) is 1.11. The van der Waals surface area contributed by atoms with Crippen LogP contribution in [0.4, 0.5) is 10.2 Å². The first-order valence-electron chi connectivity index (χ1n) is 7.43. The first-order chi connectivity index (χ1) is 11.1. The van der Waals surface area contributed by atoms with Crippen LogP contribution < -0.4 is 10.1 Å². The monoisotopic (exact) mass is 380 g/mol. The van der Waals surface area contributed by atoms with Crippen molar-refractivity contribution in [2.45, 2.75) is 19.0 Å². The predicted molar refractivity (Wildman–Crippen MR) is 90.0 cm³/mol. The highest BCUT2D eigenvalue weighted by atomic mass is 79.9. The van der Waals surface area contributed by atoms with Crippen molar-refractivity contribution in [3.63, 3.8) is 0 Å². The molecule has 122 valence electrons. The lowest BCUT2D eigenvalue weighted by Crippen LogP contribution is -2.26. The fourth-order valence-electron chi connectivity index (χ4n) is 2.72. The van der Waals surface area contributed by atoms with Crippen molar-refractivity contribution in [3.05, 3.63) is 46.4 Å². The minimum atomic E-state index is -0.170. The molecule has 5 nitrogen and oxygen atoms in total. The van der Waals surface area contributed by atoms with Gasteiger partial charge < -0.3 is 10.1 Å². The number of rotatable bonds is 5. The zero-order valence-electron chi connectivity index (χ0n) is 12.8. The molecular weight excluding hydrogens is 363 g/mol. The van der Waals surface area contributed by atoms with E-state index in [4.69, 9.17) is 4.74 Å². The van der Waals surface area contributed by atoms with Crippen molar-refractivity contribution in [1.82, 2.24) is 14.9 Å². The molecule has 1 aromatic heterocycles. The van der Waals surface area contributed by atoms with Crippen LogP contribution in [0.3, 0.4) is 0 Å². The van der Waals surface area contributed by atoms with Gasteiger partial charge in [0.2, 0.25) is 5.88 Å². The second-order valence-electron chi connectivity index (χ2n) is 5.55. The Morgan fingerprint density at radius 3 is 3.04 bits per heavy atom. The third kappa shape index (κ3) is 4.17. The zero-order chi connectivity index (χ0) is 16.2. The topological polar surface area (TPSA) is 50.3 Å². The number of nitrogens with zero attached hydrogens (tertiary/aromatic N) is 3. The average Bonchev–Trinajstić information content (AvgIpc) is 2.97. The molecule has 1 aromatic carbocycles. The van der Waals surface area contributed by atoms with E-state index in [0.29, 0.717) is 12.4 Å². The van der Waals surface area contributed by atoms with Crippen molar-refractivity contribution in [2.75, 3.05) is 25.5 Å². The number of likely N-dealkylation sites (tertiary alicyclic amines) is 1. The number of aromatic nitrogens is 2. The molecule has 1 aliphatic heterocycles. The number of hydrogen-bond donors (Lipinski definition) is 1. The molecule has 0 radical (unpaired) electrons. The van der Waals surface area contributed by atoms with Crippen molar-refractivity contribution >= 4 is 21.7 Å². The lowest BCUT2D eigenvalue weighted by Gasteiger charge is -2.17. The lowest BCUT2D eigenvalue weighted by atomic mass is 10.2. The van der Waals surface area contributed by atoms with E-state index >= 15 is 0 Å². The van der Waals surface area contributed by atoms with E-state index in [1.165, 1.54) is 12.4 Å². The molecular formula is C16H18BrFN4O. The molecule has 3 rings (SSSR count). The van der Waals surface area contributed by atoms with E-state index in [2.05, 4.69) is 36.1 Å². The minimum Gasteiger partial charge on any atom is -0.481 e. The number of anilines is 1. The number of nitrogens with one attached hydrogen (secondary N) is 1. The molecule has 0 aliphatic carbocycles. The summed E-state index contributed by atoms with van der Waals surface area (Å²) in [7, 11) is 1.58. The number of halogens is 2. The summed E-state index contributed by atoms with van der Waals surface area (Å²) >= 11 is 3.28. The Morgan fingerprint density at radius 2 is 2.26 bits per heavy atom. The smallest absolute Gasteiger partial charge is 0.218 e. The van der Waals surface area contributed by atoms with E-state index in [9.17, 15) is 4.39 Å².